The number of hydrogen-bond donors (Lipinski definition) is 2. The maximum atomic E-state index is 8.27. The first-order valence-electron chi connectivity index (χ1n) is 6.25. The van der Waals surface area contributed by atoms with Crippen molar-refractivity contribution < 1.29 is 4.74 Å². The van der Waals surface area contributed by atoms with Gasteiger partial charge in [-0.15, -0.1) is 0 Å². The van der Waals surface area contributed by atoms with Gasteiger partial charge in [-0.1, -0.05) is 29.4 Å². The predicted octanol–water partition coefficient (Wildman–Crippen LogP) is 2.49. The lowest BCUT2D eigenvalue weighted by molar-refractivity contribution is 0.294. The Hall–Kier alpha value is -2.99. The number of aromatic nitrogens is 2. The molecule has 1 aromatic carbocycles. The number of anilines is 2. The van der Waals surface area contributed by atoms with Gasteiger partial charge in [0.25, 0.3) is 0 Å². The molecule has 2 aromatic rings. The van der Waals surface area contributed by atoms with E-state index in [-0.39, 0.29) is 0 Å². The second-order valence-electron chi connectivity index (χ2n) is 4.20. The second-order valence-corrected chi connectivity index (χ2v) is 4.20. The van der Waals surface area contributed by atoms with Gasteiger partial charge >= 0.3 is 0 Å². The molecular weight excluding hydrogens is 270 g/mol. The molecule has 8 nitrogen and oxygen atoms in total. The topological polar surface area (TPSA) is 122 Å². The minimum Gasteiger partial charge on any atom is -0.473 e. The quantitative estimate of drug-likeness (QED) is 0.479. The molecule has 0 unspecified atom stereocenters. The number of rotatable bonds is 6. The fourth-order valence-corrected chi connectivity index (χ4v) is 1.64. The highest BCUT2D eigenvalue weighted by molar-refractivity contribution is 5.40. The lowest BCUT2D eigenvalue weighted by atomic mass is 10.1. The minimum atomic E-state index is 0.339. The van der Waals surface area contributed by atoms with Crippen LogP contribution in [0.1, 0.15) is 11.1 Å². The van der Waals surface area contributed by atoms with E-state index >= 15 is 0 Å². The van der Waals surface area contributed by atoms with Crippen molar-refractivity contribution in [2.24, 2.45) is 5.11 Å². The van der Waals surface area contributed by atoms with Crippen molar-refractivity contribution in [2.45, 2.75) is 13.2 Å². The highest BCUT2D eigenvalue weighted by atomic mass is 16.5. The number of nitrogens with two attached hydrogens (primary N) is 1. The molecule has 21 heavy (non-hydrogen) atoms. The summed E-state index contributed by atoms with van der Waals surface area (Å²) in [6.45, 7) is 0.701. The standard InChI is InChI=1S/C13H15N7O/c1-16-13-18-11(14)6-12(19-13)21-8-10-4-2-9(3-5-10)7-17-20-15/h2-6H,7-8H2,1H3,(H3,14,16,18,19). The fraction of sp³-hybridized carbons (Fsp3) is 0.231. The summed E-state index contributed by atoms with van der Waals surface area (Å²) in [6, 6.07) is 9.16. The third-order valence-electron chi connectivity index (χ3n) is 2.67. The van der Waals surface area contributed by atoms with Gasteiger partial charge in [-0.2, -0.15) is 9.97 Å². The summed E-state index contributed by atoms with van der Waals surface area (Å²) in [6.07, 6.45) is 0. The molecule has 0 atom stereocenters. The highest BCUT2D eigenvalue weighted by Gasteiger charge is 2.03. The van der Waals surface area contributed by atoms with E-state index in [0.717, 1.165) is 11.1 Å². The third kappa shape index (κ3) is 4.26. The van der Waals surface area contributed by atoms with Gasteiger partial charge in [0.2, 0.25) is 11.8 Å². The van der Waals surface area contributed by atoms with Crippen LogP contribution in [-0.2, 0) is 13.2 Å². The van der Waals surface area contributed by atoms with Crippen LogP contribution in [0.25, 0.3) is 10.4 Å². The van der Waals surface area contributed by atoms with Crippen molar-refractivity contribution >= 4 is 11.8 Å². The van der Waals surface area contributed by atoms with E-state index in [1.807, 2.05) is 24.3 Å². The lowest BCUT2D eigenvalue weighted by Crippen LogP contribution is -2.04. The Morgan fingerprint density at radius 3 is 2.67 bits per heavy atom. The van der Waals surface area contributed by atoms with Crippen LogP contribution in [0.15, 0.2) is 35.4 Å². The van der Waals surface area contributed by atoms with Crippen molar-refractivity contribution in [3.63, 3.8) is 0 Å². The summed E-state index contributed by atoms with van der Waals surface area (Å²) in [5.74, 6) is 1.16. The van der Waals surface area contributed by atoms with Gasteiger partial charge in [0.15, 0.2) is 0 Å². The number of hydrogen-bond acceptors (Lipinski definition) is 6. The van der Waals surface area contributed by atoms with Crippen molar-refractivity contribution in [2.75, 3.05) is 18.1 Å². The Kier molecular flexibility index (Phi) is 4.79. The zero-order chi connectivity index (χ0) is 15.1. The monoisotopic (exact) mass is 285 g/mol. The van der Waals surface area contributed by atoms with Crippen LogP contribution < -0.4 is 15.8 Å². The summed E-state index contributed by atoms with van der Waals surface area (Å²) >= 11 is 0. The molecular formula is C13H15N7O. The highest BCUT2D eigenvalue weighted by Crippen LogP contribution is 2.15. The Labute approximate surface area is 121 Å². The smallest absolute Gasteiger partial charge is 0.227 e. The fourth-order valence-electron chi connectivity index (χ4n) is 1.64. The molecule has 0 amide bonds. The number of benzene rings is 1. The number of nitrogens with one attached hydrogen (secondary N) is 1. The zero-order valence-corrected chi connectivity index (χ0v) is 11.5. The Morgan fingerprint density at radius 2 is 2.00 bits per heavy atom. The van der Waals surface area contributed by atoms with Crippen LogP contribution >= 0.6 is 0 Å². The maximum absolute atomic E-state index is 8.27. The van der Waals surface area contributed by atoms with Gasteiger partial charge in [-0.05, 0) is 16.7 Å². The van der Waals surface area contributed by atoms with E-state index in [1.165, 1.54) is 0 Å². The van der Waals surface area contributed by atoms with Gasteiger partial charge in [0, 0.05) is 18.0 Å². The van der Waals surface area contributed by atoms with E-state index in [4.69, 9.17) is 16.0 Å². The van der Waals surface area contributed by atoms with Crippen LogP contribution in [-0.4, -0.2) is 17.0 Å². The van der Waals surface area contributed by atoms with Gasteiger partial charge < -0.3 is 15.8 Å². The second kappa shape index (κ2) is 6.97. The maximum Gasteiger partial charge on any atom is 0.227 e. The lowest BCUT2D eigenvalue weighted by Gasteiger charge is -2.08. The Morgan fingerprint density at radius 1 is 1.29 bits per heavy atom. The summed E-state index contributed by atoms with van der Waals surface area (Å²) in [5, 5.41) is 6.32. The third-order valence-corrected chi connectivity index (χ3v) is 2.67. The molecule has 8 heteroatoms. The van der Waals surface area contributed by atoms with Crippen molar-refractivity contribution in [3.8, 4) is 5.88 Å². The zero-order valence-electron chi connectivity index (χ0n) is 11.5. The summed E-state index contributed by atoms with van der Waals surface area (Å²) in [4.78, 5) is 10.9. The molecule has 0 saturated carbocycles. The number of nitrogens with zero attached hydrogens (tertiary/aromatic N) is 5. The molecule has 3 N–H and O–H groups in total. The first-order valence-corrected chi connectivity index (χ1v) is 6.25. The molecule has 0 aliphatic heterocycles. The Balaban J connectivity index is 1.99. The molecule has 0 aliphatic rings. The average molecular weight is 285 g/mol. The predicted molar refractivity (Wildman–Crippen MR) is 79.6 cm³/mol. The molecule has 0 saturated heterocycles. The minimum absolute atomic E-state index is 0.339. The van der Waals surface area contributed by atoms with Crippen LogP contribution in [0, 0.1) is 0 Å². The SMILES string of the molecule is CNc1nc(N)cc(OCc2ccc(CN=[N+]=[N-])cc2)n1. The van der Waals surface area contributed by atoms with E-state index in [1.54, 1.807) is 13.1 Å². The van der Waals surface area contributed by atoms with Gasteiger partial charge in [-0.25, -0.2) is 0 Å². The summed E-state index contributed by atoms with van der Waals surface area (Å²) in [5.41, 5.74) is 15.8. The van der Waals surface area contributed by atoms with Crippen molar-refractivity contribution in [1.29, 1.82) is 0 Å². The van der Waals surface area contributed by atoms with Gasteiger partial charge in [-0.3, -0.25) is 0 Å². The normalized spacial score (nSPS) is 9.76. The number of azide groups is 1. The van der Waals surface area contributed by atoms with Crippen molar-refractivity contribution in [1.82, 2.24) is 9.97 Å². The van der Waals surface area contributed by atoms with Crippen molar-refractivity contribution in [3.05, 3.63) is 51.9 Å². The largest absolute Gasteiger partial charge is 0.473 e. The Bertz CT molecular complexity index is 650. The molecule has 0 bridgehead atoms. The molecule has 0 fully saturated rings. The number of nitrogen functional groups attached to an aromatic ring is 1. The van der Waals surface area contributed by atoms with E-state index < -0.39 is 0 Å². The van der Waals surface area contributed by atoms with E-state index in [2.05, 4.69) is 25.3 Å². The molecule has 0 spiro atoms. The molecule has 0 radical (unpaired) electrons. The van der Waals surface area contributed by atoms with Gasteiger partial charge in [0.1, 0.15) is 12.4 Å². The average Bonchev–Trinajstić information content (AvgIpc) is 2.51. The molecule has 1 heterocycles. The molecule has 2 rings (SSSR count). The molecule has 1 aromatic heterocycles. The van der Waals surface area contributed by atoms with Crippen LogP contribution in [0.4, 0.5) is 11.8 Å². The van der Waals surface area contributed by atoms with Crippen LogP contribution in [0.5, 0.6) is 5.88 Å². The summed E-state index contributed by atoms with van der Waals surface area (Å²) in [7, 11) is 1.71. The first kappa shape index (κ1) is 14.4. The number of ether oxygens (including phenoxy) is 1. The van der Waals surface area contributed by atoms with Crippen LogP contribution in [0.3, 0.4) is 0 Å². The molecule has 108 valence electrons. The van der Waals surface area contributed by atoms with Crippen LogP contribution in [0.2, 0.25) is 0 Å². The van der Waals surface area contributed by atoms with E-state index in [9.17, 15) is 0 Å². The molecule has 0 aliphatic carbocycles. The first-order chi connectivity index (χ1) is 10.2. The van der Waals surface area contributed by atoms with Gasteiger partial charge in [0.05, 0.1) is 6.54 Å². The summed E-state index contributed by atoms with van der Waals surface area (Å²) < 4.78 is 5.58. The van der Waals surface area contributed by atoms with E-state index in [0.29, 0.717) is 30.8 Å².